The molecule has 24 heteroatoms. The van der Waals surface area contributed by atoms with Crippen molar-refractivity contribution in [2.75, 3.05) is 44.2 Å². The van der Waals surface area contributed by atoms with E-state index in [1.807, 2.05) is 20.0 Å². The summed E-state index contributed by atoms with van der Waals surface area (Å²) in [6.07, 6.45) is 7.45. The standard InChI is InChI=1S/C59H68Br2N8O14/c1-32(2)51(65-48(70)14-10-8-11-19-66-57(76)49(60)50(61)58(66)77)53(72)63-35(5)52(71)64-37-17-15-36(16-18-37)31-83-59(78)69-42-27-47(45(80-7)25-40(42)55(74)68-30-34(4)23-43(68)56(69)75)82-21-13-9-12-20-81-46-26-41-39(24-44(46)79-6)54(73)67-29-33(3)22-38(67)28-62-41/h15-18,24-30,32,35,38,43,51,56,75H,8-14,19-23,31H2,1-7H3,(H,63,72)(H,64,71)(H,65,70)/t35?,38-,43?,51?,56?/m1/s1. The Labute approximate surface area is 497 Å². The molecule has 83 heavy (non-hydrogen) atoms. The Hall–Kier alpha value is -7.57. The maximum Gasteiger partial charge on any atom is 0.416 e. The van der Waals surface area contributed by atoms with Gasteiger partial charge >= 0.3 is 6.09 Å². The van der Waals surface area contributed by atoms with Crippen LogP contribution in [0.5, 0.6) is 23.0 Å². The number of halogens is 2. The summed E-state index contributed by atoms with van der Waals surface area (Å²) in [6.45, 7) is 9.41. The molecule has 5 atom stereocenters. The fourth-order valence-corrected chi connectivity index (χ4v) is 10.9. The molecule has 0 radical (unpaired) electrons. The number of unbranched alkanes of at least 4 members (excludes halogenated alkanes) is 4. The number of hydrogen-bond acceptors (Lipinski definition) is 15. The van der Waals surface area contributed by atoms with Gasteiger partial charge < -0.3 is 54.5 Å². The number of amides is 8. The average Bonchev–Trinajstić information content (AvgIpc) is 2.59. The molecule has 4 unspecified atom stereocenters. The van der Waals surface area contributed by atoms with E-state index in [2.05, 4.69) is 52.8 Å². The minimum atomic E-state index is -1.52. The molecule has 8 rings (SSSR count). The molecule has 5 aliphatic heterocycles. The topological polar surface area (TPSA) is 264 Å². The van der Waals surface area contributed by atoms with Crippen molar-refractivity contribution in [2.24, 2.45) is 10.9 Å². The highest BCUT2D eigenvalue weighted by Gasteiger charge is 2.45. The number of aliphatic imine (C=N–C) groups is 1. The number of nitrogens with zero attached hydrogens (tertiary/aromatic N) is 5. The molecule has 0 spiro atoms. The number of rotatable bonds is 24. The lowest BCUT2D eigenvalue weighted by Gasteiger charge is -2.31. The van der Waals surface area contributed by atoms with Crippen molar-refractivity contribution in [1.29, 1.82) is 0 Å². The molecular formula is C59H68Br2N8O14. The molecule has 5 aliphatic rings. The first-order valence-corrected chi connectivity index (χ1v) is 29.1. The first kappa shape index (κ1) is 61.5. The van der Waals surface area contributed by atoms with Crippen molar-refractivity contribution < 1.29 is 67.1 Å². The molecule has 0 saturated heterocycles. The number of carbonyl (C=O) groups excluding carboxylic acids is 8. The molecule has 4 N–H and O–H groups in total. The zero-order valence-electron chi connectivity index (χ0n) is 47.3. The number of aliphatic hydroxyl groups excluding tert-OH is 1. The molecule has 3 aromatic rings. The smallest absolute Gasteiger partial charge is 0.416 e. The predicted molar refractivity (Wildman–Crippen MR) is 314 cm³/mol. The summed E-state index contributed by atoms with van der Waals surface area (Å²) in [5, 5.41) is 20.1. The molecule has 22 nitrogen and oxygen atoms in total. The van der Waals surface area contributed by atoms with Crippen LogP contribution in [0.15, 0.2) is 86.0 Å². The quantitative estimate of drug-likeness (QED) is 0.0486. The third-order valence-corrected chi connectivity index (χ3v) is 16.7. The molecular weight excluding hydrogens is 1200 g/mol. The highest BCUT2D eigenvalue weighted by Crippen LogP contribution is 2.43. The lowest BCUT2D eigenvalue weighted by atomic mass is 10.0. The molecule has 8 amide bonds. The SMILES string of the molecule is COc1cc2c(cc1OCCCCCOc1cc3c(cc1OC)C(=O)N1C=C(C)CC1C(O)N3C(=O)OCc1ccc(NC(=O)C(C)NC(=O)C(NC(=O)CCCCCN3C(=O)C(Br)=C(Br)C3=O)C(C)C)cc1)N=C[C@H]1CC(C)=CN1C2=O. The highest BCUT2D eigenvalue weighted by atomic mass is 79.9. The molecule has 0 aliphatic carbocycles. The largest absolute Gasteiger partial charge is 0.493 e. The Bertz CT molecular complexity index is 3160. The van der Waals surface area contributed by atoms with Crippen LogP contribution in [0, 0.1) is 5.92 Å². The summed E-state index contributed by atoms with van der Waals surface area (Å²) in [5.41, 5.74) is 3.94. The second-order valence-corrected chi connectivity index (χ2v) is 22.8. The number of imide groups is 1. The normalized spacial score (nSPS) is 18.8. The van der Waals surface area contributed by atoms with Gasteiger partial charge in [-0.2, -0.15) is 0 Å². The van der Waals surface area contributed by atoms with Gasteiger partial charge in [0.2, 0.25) is 17.7 Å². The molecule has 0 saturated carbocycles. The highest BCUT2D eigenvalue weighted by molar-refractivity contribution is 9.14. The van der Waals surface area contributed by atoms with Gasteiger partial charge in [0, 0.05) is 49.4 Å². The Morgan fingerprint density at radius 1 is 0.711 bits per heavy atom. The lowest BCUT2D eigenvalue weighted by molar-refractivity contribution is -0.137. The summed E-state index contributed by atoms with van der Waals surface area (Å²) in [7, 11) is 2.96. The summed E-state index contributed by atoms with van der Waals surface area (Å²) >= 11 is 6.21. The zero-order chi connectivity index (χ0) is 59.8. The van der Waals surface area contributed by atoms with Crippen LogP contribution >= 0.6 is 31.9 Å². The maximum atomic E-state index is 14.2. The van der Waals surface area contributed by atoms with Crippen LogP contribution in [0.1, 0.15) is 119 Å². The number of nitrogens with one attached hydrogen (secondary N) is 3. The second kappa shape index (κ2) is 27.2. The first-order valence-electron chi connectivity index (χ1n) is 27.5. The van der Waals surface area contributed by atoms with Crippen LogP contribution in [-0.4, -0.2) is 138 Å². The van der Waals surface area contributed by atoms with Gasteiger partial charge in [-0.3, -0.25) is 43.5 Å². The van der Waals surface area contributed by atoms with Crippen molar-refractivity contribution in [3.8, 4) is 23.0 Å². The van der Waals surface area contributed by atoms with Crippen LogP contribution in [0.2, 0.25) is 0 Å². The number of methoxy groups -OCH3 is 2. The molecule has 0 fully saturated rings. The van der Waals surface area contributed by atoms with Crippen LogP contribution < -0.4 is 39.8 Å². The molecule has 5 heterocycles. The third-order valence-electron chi connectivity index (χ3n) is 14.7. The number of ether oxygens (including phenoxy) is 5. The Morgan fingerprint density at radius 2 is 1.31 bits per heavy atom. The van der Waals surface area contributed by atoms with Crippen LogP contribution in [0.4, 0.5) is 21.9 Å². The minimum Gasteiger partial charge on any atom is -0.493 e. The van der Waals surface area contributed by atoms with E-state index in [4.69, 9.17) is 23.7 Å². The van der Waals surface area contributed by atoms with Gasteiger partial charge in [-0.15, -0.1) is 0 Å². The zero-order valence-corrected chi connectivity index (χ0v) is 50.4. The van der Waals surface area contributed by atoms with Crippen molar-refractivity contribution in [3.05, 3.63) is 97.7 Å². The van der Waals surface area contributed by atoms with Crippen LogP contribution in [0.3, 0.4) is 0 Å². The van der Waals surface area contributed by atoms with E-state index < -0.39 is 60.0 Å². The van der Waals surface area contributed by atoms with Crippen LogP contribution in [0.25, 0.3) is 0 Å². The van der Waals surface area contributed by atoms with E-state index in [0.29, 0.717) is 85.6 Å². The Balaban J connectivity index is 0.823. The number of anilines is 2. The number of benzene rings is 3. The predicted octanol–water partition coefficient (Wildman–Crippen LogP) is 8.27. The lowest BCUT2D eigenvalue weighted by Crippen LogP contribution is -2.53. The maximum absolute atomic E-state index is 14.2. The van der Waals surface area contributed by atoms with Gasteiger partial charge in [0.15, 0.2) is 29.2 Å². The third kappa shape index (κ3) is 14.1. The van der Waals surface area contributed by atoms with Crippen molar-refractivity contribution in [3.63, 3.8) is 0 Å². The van der Waals surface area contributed by atoms with E-state index in [9.17, 15) is 43.5 Å². The average molecular weight is 1270 g/mol. The van der Waals surface area contributed by atoms with Gasteiger partial charge in [0.05, 0.1) is 62.0 Å². The Morgan fingerprint density at radius 3 is 1.96 bits per heavy atom. The van der Waals surface area contributed by atoms with E-state index in [1.54, 1.807) is 67.6 Å². The van der Waals surface area contributed by atoms with E-state index >= 15 is 0 Å². The second-order valence-electron chi connectivity index (χ2n) is 21.2. The fraction of sp³-hybridized carbons (Fsp3) is 0.441. The van der Waals surface area contributed by atoms with Crippen molar-refractivity contribution in [2.45, 2.75) is 129 Å². The minimum absolute atomic E-state index is 0.0618. The molecule has 0 bridgehead atoms. The van der Waals surface area contributed by atoms with Gasteiger partial charge in [-0.25, -0.2) is 9.69 Å². The van der Waals surface area contributed by atoms with E-state index in [0.717, 1.165) is 27.4 Å². The number of carbonyl (C=O) groups is 8. The van der Waals surface area contributed by atoms with Gasteiger partial charge in [0.1, 0.15) is 27.7 Å². The van der Waals surface area contributed by atoms with Crippen LogP contribution in [-0.2, 0) is 35.3 Å². The summed E-state index contributed by atoms with van der Waals surface area (Å²) in [6, 6.07) is 9.96. The molecule has 442 valence electrons. The van der Waals surface area contributed by atoms with E-state index in [-0.39, 0.29) is 81.7 Å². The number of fused-ring (bicyclic) bond motifs is 4. The summed E-state index contributed by atoms with van der Waals surface area (Å²) < 4.78 is 29.8. The van der Waals surface area contributed by atoms with Gasteiger partial charge in [0.25, 0.3) is 23.6 Å². The Kier molecular flexibility index (Phi) is 20.2. The van der Waals surface area contributed by atoms with Gasteiger partial charge in [-0.1, -0.05) is 43.5 Å². The summed E-state index contributed by atoms with van der Waals surface area (Å²) in [5.74, 6) is -1.80. The first-order chi connectivity index (χ1) is 39.7. The number of hydrogen-bond donors (Lipinski definition) is 4. The molecule has 3 aromatic carbocycles. The van der Waals surface area contributed by atoms with Gasteiger partial charge in [-0.05, 0) is 133 Å². The number of aliphatic hydroxyl groups is 1. The van der Waals surface area contributed by atoms with E-state index in [1.165, 1.54) is 38.2 Å². The monoisotopic (exact) mass is 1270 g/mol. The van der Waals surface area contributed by atoms with Crippen molar-refractivity contribution in [1.82, 2.24) is 25.3 Å². The summed E-state index contributed by atoms with van der Waals surface area (Å²) in [4.78, 5) is 116. The fourth-order valence-electron chi connectivity index (χ4n) is 10.2. The molecule has 0 aromatic heterocycles. The van der Waals surface area contributed by atoms with Crippen molar-refractivity contribution >= 4 is 103 Å².